The fourth-order valence-corrected chi connectivity index (χ4v) is 5.41. The van der Waals surface area contributed by atoms with Crippen molar-refractivity contribution in [3.05, 3.63) is 122 Å². The molecule has 224 valence electrons. The largest absolute Gasteiger partial charge is 0.483 e. The summed E-state index contributed by atoms with van der Waals surface area (Å²) in [7, 11) is 0. The second-order valence-corrected chi connectivity index (χ2v) is 12.2. The molecule has 0 bridgehead atoms. The van der Waals surface area contributed by atoms with E-state index in [2.05, 4.69) is 34.2 Å². The first-order valence-corrected chi connectivity index (χ1v) is 15.0. The number of hydrogen-bond donors (Lipinski definition) is 0. The molecule has 4 aromatic carbocycles. The van der Waals surface area contributed by atoms with Crippen LogP contribution in [-0.2, 0) is 4.74 Å². The minimum atomic E-state index is -0.655. The van der Waals surface area contributed by atoms with Crippen LogP contribution in [0.1, 0.15) is 20.8 Å². The van der Waals surface area contributed by atoms with Gasteiger partial charge in [0.25, 0.3) is 0 Å². The van der Waals surface area contributed by atoms with Gasteiger partial charge in [0.2, 0.25) is 6.23 Å². The van der Waals surface area contributed by atoms with Crippen LogP contribution in [0.25, 0.3) is 44.1 Å². The quantitative estimate of drug-likeness (QED) is 0.192. The van der Waals surface area contributed by atoms with Gasteiger partial charge in [0.05, 0.1) is 17.6 Å². The number of carbonyl (C=O) groups excluding carboxylic acids is 1. The molecule has 2 unspecified atom stereocenters. The number of rotatable bonds is 6. The van der Waals surface area contributed by atoms with E-state index < -0.39 is 17.9 Å². The number of nitrogens with zero attached hydrogens (tertiary/aromatic N) is 3. The molecule has 1 amide bonds. The molecular formula is C38H33N3O4. The summed E-state index contributed by atoms with van der Waals surface area (Å²) < 4.78 is 18.4. The Hall–Kier alpha value is -5.43. The molecule has 2 aromatic heterocycles. The third kappa shape index (κ3) is 6.15. The first-order valence-electron chi connectivity index (χ1n) is 15.0. The van der Waals surface area contributed by atoms with Crippen molar-refractivity contribution in [3.8, 4) is 33.8 Å². The maximum absolute atomic E-state index is 13.0. The van der Waals surface area contributed by atoms with Gasteiger partial charge in [-0.25, -0.2) is 4.79 Å². The molecule has 2 atom stereocenters. The lowest BCUT2D eigenvalue weighted by molar-refractivity contribution is -0.136. The average Bonchev–Trinajstić information content (AvgIpc) is 3.04. The Morgan fingerprint density at radius 1 is 0.667 bits per heavy atom. The molecular weight excluding hydrogens is 562 g/mol. The number of aromatic nitrogens is 2. The maximum atomic E-state index is 13.0. The third-order valence-corrected chi connectivity index (χ3v) is 7.73. The maximum Gasteiger partial charge on any atom is 0.413 e. The van der Waals surface area contributed by atoms with E-state index in [1.807, 2.05) is 118 Å². The van der Waals surface area contributed by atoms with Crippen LogP contribution in [0.4, 0.5) is 4.79 Å². The lowest BCUT2D eigenvalue weighted by atomic mass is 10.0. The number of amides is 1. The number of pyridine rings is 2. The SMILES string of the molecule is CC(C)(C)OC(=O)N1CC(Oc2ccc(-c3cnc4ccccc4c3)cc2)C1Oc1ccc(-c2cnc3ccccc3c2)cc1. The van der Waals surface area contributed by atoms with Gasteiger partial charge in [-0.2, -0.15) is 0 Å². The number of hydrogen-bond acceptors (Lipinski definition) is 6. The van der Waals surface area contributed by atoms with E-state index in [9.17, 15) is 4.79 Å². The first-order chi connectivity index (χ1) is 21.8. The van der Waals surface area contributed by atoms with Crippen molar-refractivity contribution in [1.29, 1.82) is 0 Å². The highest BCUT2D eigenvalue weighted by Crippen LogP contribution is 2.32. The zero-order valence-electron chi connectivity index (χ0n) is 25.4. The predicted octanol–water partition coefficient (Wildman–Crippen LogP) is 8.52. The molecule has 7 rings (SSSR count). The fraction of sp³-hybridized carbons (Fsp3) is 0.184. The van der Waals surface area contributed by atoms with Gasteiger partial charge in [-0.1, -0.05) is 60.7 Å². The first kappa shape index (κ1) is 28.3. The average molecular weight is 596 g/mol. The number of carbonyl (C=O) groups is 1. The van der Waals surface area contributed by atoms with Gasteiger partial charge in [-0.3, -0.25) is 14.9 Å². The van der Waals surface area contributed by atoms with E-state index in [-0.39, 0.29) is 6.10 Å². The van der Waals surface area contributed by atoms with Crippen molar-refractivity contribution < 1.29 is 19.0 Å². The van der Waals surface area contributed by atoms with Crippen LogP contribution in [0, 0.1) is 0 Å². The van der Waals surface area contributed by atoms with Crippen molar-refractivity contribution in [3.63, 3.8) is 0 Å². The molecule has 3 heterocycles. The zero-order valence-corrected chi connectivity index (χ0v) is 25.4. The number of likely N-dealkylation sites (tertiary alicyclic amines) is 1. The molecule has 7 heteroatoms. The van der Waals surface area contributed by atoms with Gasteiger partial charge < -0.3 is 14.2 Å². The highest BCUT2D eigenvalue weighted by Gasteiger charge is 2.47. The van der Waals surface area contributed by atoms with Crippen LogP contribution in [0.2, 0.25) is 0 Å². The summed E-state index contributed by atoms with van der Waals surface area (Å²) in [6.45, 7) is 5.89. The van der Waals surface area contributed by atoms with Gasteiger partial charge in [-0.15, -0.1) is 0 Å². The van der Waals surface area contributed by atoms with Crippen LogP contribution in [0.3, 0.4) is 0 Å². The molecule has 6 aromatic rings. The van der Waals surface area contributed by atoms with E-state index in [1.165, 1.54) is 0 Å². The molecule has 0 radical (unpaired) electrons. The Bertz CT molecular complexity index is 1980. The molecule has 7 nitrogen and oxygen atoms in total. The van der Waals surface area contributed by atoms with Crippen LogP contribution < -0.4 is 9.47 Å². The summed E-state index contributed by atoms with van der Waals surface area (Å²) in [5.41, 5.74) is 5.41. The second-order valence-electron chi connectivity index (χ2n) is 12.2. The molecule has 1 saturated heterocycles. The topological polar surface area (TPSA) is 73.8 Å². The molecule has 0 spiro atoms. The molecule has 1 fully saturated rings. The summed E-state index contributed by atoms with van der Waals surface area (Å²) in [6.07, 6.45) is 2.28. The van der Waals surface area contributed by atoms with Gasteiger partial charge >= 0.3 is 6.09 Å². The lowest BCUT2D eigenvalue weighted by Gasteiger charge is -2.46. The number of ether oxygens (including phenoxy) is 3. The molecule has 1 aliphatic rings. The Morgan fingerprint density at radius 2 is 1.16 bits per heavy atom. The minimum Gasteiger partial charge on any atom is -0.483 e. The highest BCUT2D eigenvalue weighted by atomic mass is 16.6. The summed E-state index contributed by atoms with van der Waals surface area (Å²) in [5.74, 6) is 1.31. The fourth-order valence-electron chi connectivity index (χ4n) is 5.41. The Balaban J connectivity index is 1.08. The van der Waals surface area contributed by atoms with Crippen molar-refractivity contribution in [2.45, 2.75) is 38.7 Å². The van der Waals surface area contributed by atoms with E-state index in [1.54, 1.807) is 4.90 Å². The number of benzene rings is 4. The van der Waals surface area contributed by atoms with E-state index in [0.29, 0.717) is 18.0 Å². The van der Waals surface area contributed by atoms with E-state index in [0.717, 1.165) is 44.1 Å². The van der Waals surface area contributed by atoms with Crippen LogP contribution in [-0.4, -0.2) is 45.4 Å². The third-order valence-electron chi connectivity index (χ3n) is 7.73. The molecule has 0 aliphatic carbocycles. The van der Waals surface area contributed by atoms with Gasteiger partial charge in [-0.05, 0) is 80.4 Å². The van der Waals surface area contributed by atoms with Crippen LogP contribution >= 0.6 is 0 Å². The second kappa shape index (κ2) is 11.6. The van der Waals surface area contributed by atoms with Gasteiger partial charge in [0.15, 0.2) is 6.10 Å². The summed E-state index contributed by atoms with van der Waals surface area (Å²) in [4.78, 5) is 23.8. The lowest BCUT2D eigenvalue weighted by Crippen LogP contribution is -2.67. The minimum absolute atomic E-state index is 0.344. The normalized spacial score (nSPS) is 16.3. The van der Waals surface area contributed by atoms with Crippen molar-refractivity contribution in [2.24, 2.45) is 0 Å². The Kier molecular flexibility index (Phi) is 7.29. The highest BCUT2D eigenvalue weighted by molar-refractivity contribution is 5.84. The monoisotopic (exact) mass is 595 g/mol. The van der Waals surface area contributed by atoms with Crippen molar-refractivity contribution in [2.75, 3.05) is 6.54 Å². The zero-order chi connectivity index (χ0) is 31.0. The number of para-hydroxylation sites is 2. The van der Waals surface area contributed by atoms with Crippen LogP contribution in [0.15, 0.2) is 122 Å². The summed E-state index contributed by atoms with van der Waals surface area (Å²) >= 11 is 0. The van der Waals surface area contributed by atoms with Crippen molar-refractivity contribution >= 4 is 27.9 Å². The van der Waals surface area contributed by atoms with Gasteiger partial charge in [0, 0.05) is 34.3 Å². The smallest absolute Gasteiger partial charge is 0.413 e. The van der Waals surface area contributed by atoms with Crippen LogP contribution in [0.5, 0.6) is 11.5 Å². The van der Waals surface area contributed by atoms with E-state index in [4.69, 9.17) is 14.2 Å². The Labute approximate surface area is 262 Å². The summed E-state index contributed by atoms with van der Waals surface area (Å²) in [6, 6.07) is 36.1. The summed E-state index contributed by atoms with van der Waals surface area (Å²) in [5, 5.41) is 2.17. The number of fused-ring (bicyclic) bond motifs is 2. The predicted molar refractivity (Wildman–Crippen MR) is 176 cm³/mol. The standard InChI is InChI=1S/C38H33N3O4/c1-38(2,3)45-37(42)41-24-35(43-31-16-12-25(13-17-31)29-20-27-8-4-6-10-33(27)39-22-29)36(41)44-32-18-14-26(15-19-32)30-21-28-9-5-7-11-34(28)40-23-30/h4-23,35-36H,24H2,1-3H3. The van der Waals surface area contributed by atoms with Gasteiger partial charge in [0.1, 0.15) is 17.1 Å². The van der Waals surface area contributed by atoms with Crippen molar-refractivity contribution in [1.82, 2.24) is 14.9 Å². The molecule has 0 N–H and O–H groups in total. The van der Waals surface area contributed by atoms with E-state index >= 15 is 0 Å². The molecule has 0 saturated carbocycles. The molecule has 45 heavy (non-hydrogen) atoms. The molecule has 1 aliphatic heterocycles. The Morgan fingerprint density at radius 3 is 1.67 bits per heavy atom.